The molecule has 1 amide bonds. The lowest BCUT2D eigenvalue weighted by atomic mass is 10.1. The predicted octanol–water partition coefficient (Wildman–Crippen LogP) is 1.61. The Balaban J connectivity index is 1.48. The molecule has 5 nitrogen and oxygen atoms in total. The fourth-order valence-corrected chi connectivity index (χ4v) is 3.75. The van der Waals surface area contributed by atoms with Crippen LogP contribution < -0.4 is 16.2 Å². The second kappa shape index (κ2) is 8.87. The number of pyridine rings is 1. The summed E-state index contributed by atoms with van der Waals surface area (Å²) in [5.74, 6) is 2.21. The summed E-state index contributed by atoms with van der Waals surface area (Å²) in [6, 6.07) is 13.4. The number of thioether (sulfide) groups is 1. The number of aromatic nitrogens is 1. The first kappa shape index (κ1) is 17.8. The molecule has 0 bridgehead atoms. The van der Waals surface area contributed by atoms with E-state index in [-0.39, 0.29) is 17.5 Å². The number of rotatable bonds is 6. The summed E-state index contributed by atoms with van der Waals surface area (Å²) in [7, 11) is 0. The maximum absolute atomic E-state index is 12.0. The van der Waals surface area contributed by atoms with Crippen LogP contribution >= 0.6 is 11.8 Å². The topological polar surface area (TPSA) is 63.1 Å². The zero-order valence-corrected chi connectivity index (χ0v) is 14.9. The molecular weight excluding hydrogens is 334 g/mol. The van der Waals surface area contributed by atoms with Crippen LogP contribution in [-0.2, 0) is 17.9 Å². The number of hydrogen-bond acceptors (Lipinski definition) is 4. The Hall–Kier alpha value is -2.05. The molecule has 1 saturated heterocycles. The molecule has 2 heterocycles. The van der Waals surface area contributed by atoms with Crippen LogP contribution in [0, 0.1) is 0 Å². The molecule has 1 atom stereocenters. The summed E-state index contributed by atoms with van der Waals surface area (Å²) < 4.78 is 1.67. The summed E-state index contributed by atoms with van der Waals surface area (Å²) in [5, 5.41) is 6.35. The average Bonchev–Trinajstić information content (AvgIpc) is 2.64. The number of nitrogens with zero attached hydrogens (tertiary/aromatic N) is 1. The van der Waals surface area contributed by atoms with Crippen molar-refractivity contribution in [3.63, 3.8) is 0 Å². The van der Waals surface area contributed by atoms with Gasteiger partial charge in [-0.05, 0) is 17.2 Å². The van der Waals surface area contributed by atoms with Crippen LogP contribution in [0.25, 0.3) is 0 Å². The van der Waals surface area contributed by atoms with E-state index in [9.17, 15) is 9.59 Å². The Morgan fingerprint density at radius 3 is 2.72 bits per heavy atom. The monoisotopic (exact) mass is 357 g/mol. The van der Waals surface area contributed by atoms with Gasteiger partial charge in [-0.1, -0.05) is 30.3 Å². The highest BCUT2D eigenvalue weighted by molar-refractivity contribution is 7.99. The molecular formula is C19H23N3O2S. The molecule has 1 aromatic heterocycles. The zero-order chi connectivity index (χ0) is 17.5. The van der Waals surface area contributed by atoms with Gasteiger partial charge in [-0.3, -0.25) is 9.59 Å². The van der Waals surface area contributed by atoms with Crippen LogP contribution in [0.2, 0.25) is 0 Å². The van der Waals surface area contributed by atoms with E-state index in [0.717, 1.165) is 29.2 Å². The average molecular weight is 357 g/mol. The zero-order valence-electron chi connectivity index (χ0n) is 14.1. The van der Waals surface area contributed by atoms with Gasteiger partial charge in [0.05, 0.1) is 6.54 Å². The second-order valence-electron chi connectivity index (χ2n) is 6.19. The highest BCUT2D eigenvalue weighted by Gasteiger charge is 2.16. The van der Waals surface area contributed by atoms with E-state index >= 15 is 0 Å². The molecule has 1 unspecified atom stereocenters. The fourth-order valence-electron chi connectivity index (χ4n) is 2.80. The predicted molar refractivity (Wildman–Crippen MR) is 102 cm³/mol. The van der Waals surface area contributed by atoms with Gasteiger partial charge in [0.2, 0.25) is 5.91 Å². The van der Waals surface area contributed by atoms with E-state index < -0.39 is 0 Å². The first-order valence-electron chi connectivity index (χ1n) is 8.52. The van der Waals surface area contributed by atoms with E-state index in [4.69, 9.17) is 0 Å². The molecule has 0 radical (unpaired) electrons. The van der Waals surface area contributed by atoms with Gasteiger partial charge in [0.25, 0.3) is 5.56 Å². The summed E-state index contributed by atoms with van der Waals surface area (Å²) in [6.07, 6.45) is 2.32. The third-order valence-electron chi connectivity index (χ3n) is 4.19. The quantitative estimate of drug-likeness (QED) is 0.824. The van der Waals surface area contributed by atoms with Crippen LogP contribution in [0.4, 0.5) is 0 Å². The van der Waals surface area contributed by atoms with Crippen LogP contribution in [0.15, 0.2) is 53.5 Å². The third-order valence-corrected chi connectivity index (χ3v) is 5.33. The molecule has 1 aromatic carbocycles. The fraction of sp³-hybridized carbons (Fsp3) is 0.368. The van der Waals surface area contributed by atoms with E-state index in [0.29, 0.717) is 19.5 Å². The van der Waals surface area contributed by atoms with Gasteiger partial charge in [-0.15, -0.1) is 0 Å². The third kappa shape index (κ3) is 5.47. The maximum Gasteiger partial charge on any atom is 0.250 e. The minimum atomic E-state index is -0.00618. The van der Waals surface area contributed by atoms with Gasteiger partial charge in [0.15, 0.2) is 0 Å². The molecule has 1 fully saturated rings. The standard InChI is InChI=1S/C19H23N3O2S/c23-18(11-17-14-25-10-8-20-17)21-12-15-4-6-16(7-5-15)13-22-9-2-1-3-19(22)24/h1-7,9,17,20H,8,10-14H2,(H,21,23). The smallest absolute Gasteiger partial charge is 0.250 e. The number of amides is 1. The van der Waals surface area contributed by atoms with Crippen molar-refractivity contribution in [2.75, 3.05) is 18.1 Å². The summed E-state index contributed by atoms with van der Waals surface area (Å²) in [6.45, 7) is 2.07. The largest absolute Gasteiger partial charge is 0.352 e. The Labute approximate surface area is 151 Å². The molecule has 0 saturated carbocycles. The number of hydrogen-bond donors (Lipinski definition) is 2. The lowest BCUT2D eigenvalue weighted by Gasteiger charge is -2.22. The minimum Gasteiger partial charge on any atom is -0.352 e. The first-order chi connectivity index (χ1) is 12.2. The Bertz CT molecular complexity index is 752. The van der Waals surface area contributed by atoms with Crippen LogP contribution in [-0.4, -0.2) is 34.6 Å². The minimum absolute atomic E-state index is 0.00618. The van der Waals surface area contributed by atoms with Crippen LogP contribution in [0.3, 0.4) is 0 Å². The number of nitrogens with one attached hydrogen (secondary N) is 2. The molecule has 6 heteroatoms. The maximum atomic E-state index is 12.0. The van der Waals surface area contributed by atoms with Crippen molar-refractivity contribution in [2.45, 2.75) is 25.6 Å². The summed E-state index contributed by atoms with van der Waals surface area (Å²) in [4.78, 5) is 23.8. The van der Waals surface area contributed by atoms with E-state index in [1.54, 1.807) is 22.9 Å². The van der Waals surface area contributed by atoms with Crippen LogP contribution in [0.1, 0.15) is 17.5 Å². The second-order valence-corrected chi connectivity index (χ2v) is 7.34. The van der Waals surface area contributed by atoms with Gasteiger partial charge in [-0.25, -0.2) is 0 Å². The van der Waals surface area contributed by atoms with Crippen molar-refractivity contribution in [3.8, 4) is 0 Å². The van der Waals surface area contributed by atoms with Crippen molar-refractivity contribution in [2.24, 2.45) is 0 Å². The van der Waals surface area contributed by atoms with E-state index in [1.807, 2.05) is 42.1 Å². The van der Waals surface area contributed by atoms with Crippen molar-refractivity contribution < 1.29 is 4.79 Å². The first-order valence-corrected chi connectivity index (χ1v) is 9.67. The summed E-state index contributed by atoms with van der Waals surface area (Å²) in [5.41, 5.74) is 2.11. The van der Waals surface area contributed by atoms with Crippen molar-refractivity contribution in [1.82, 2.24) is 15.2 Å². The van der Waals surface area contributed by atoms with Gasteiger partial charge in [-0.2, -0.15) is 11.8 Å². The van der Waals surface area contributed by atoms with Crippen molar-refractivity contribution in [3.05, 3.63) is 70.1 Å². The van der Waals surface area contributed by atoms with Gasteiger partial charge in [0, 0.05) is 49.3 Å². The molecule has 2 N–H and O–H groups in total. The highest BCUT2D eigenvalue weighted by Crippen LogP contribution is 2.10. The molecule has 3 rings (SSSR count). The SMILES string of the molecule is O=C(CC1CSCCN1)NCc1ccc(Cn2ccccc2=O)cc1. The lowest BCUT2D eigenvalue weighted by Crippen LogP contribution is -2.41. The highest BCUT2D eigenvalue weighted by atomic mass is 32.2. The lowest BCUT2D eigenvalue weighted by molar-refractivity contribution is -0.121. The molecule has 1 aliphatic heterocycles. The van der Waals surface area contributed by atoms with E-state index in [1.165, 1.54) is 0 Å². The molecule has 132 valence electrons. The summed E-state index contributed by atoms with van der Waals surface area (Å²) >= 11 is 1.90. The number of carbonyl (C=O) groups excluding carboxylic acids is 1. The molecule has 25 heavy (non-hydrogen) atoms. The van der Waals surface area contributed by atoms with Crippen LogP contribution in [0.5, 0.6) is 0 Å². The number of carbonyl (C=O) groups is 1. The molecule has 1 aliphatic rings. The molecule has 2 aromatic rings. The Morgan fingerprint density at radius 1 is 1.20 bits per heavy atom. The Morgan fingerprint density at radius 2 is 2.00 bits per heavy atom. The van der Waals surface area contributed by atoms with Gasteiger partial charge in [0.1, 0.15) is 0 Å². The molecule has 0 spiro atoms. The van der Waals surface area contributed by atoms with E-state index in [2.05, 4.69) is 10.6 Å². The normalized spacial score (nSPS) is 17.2. The van der Waals surface area contributed by atoms with Gasteiger partial charge >= 0.3 is 0 Å². The molecule has 0 aliphatic carbocycles. The Kier molecular flexibility index (Phi) is 6.30. The van der Waals surface area contributed by atoms with Crippen molar-refractivity contribution >= 4 is 17.7 Å². The van der Waals surface area contributed by atoms with Gasteiger partial charge < -0.3 is 15.2 Å². The number of benzene rings is 1. The van der Waals surface area contributed by atoms with Crippen molar-refractivity contribution in [1.29, 1.82) is 0 Å².